The molecule has 2 nitrogen and oxygen atoms in total. The van der Waals surface area contributed by atoms with Crippen LogP contribution < -0.4 is 9.80 Å². The molecule has 12 aromatic rings. The average Bonchev–Trinajstić information content (AvgIpc) is 3.43. The van der Waals surface area contributed by atoms with E-state index in [1.807, 2.05) is 0 Å². The molecule has 12 aromatic carbocycles. The average molecular weight is 867 g/mol. The minimum absolute atomic E-state index is 1.10. The van der Waals surface area contributed by atoms with Crippen molar-refractivity contribution in [2.45, 2.75) is 0 Å². The molecule has 0 saturated carbocycles. The first-order valence-corrected chi connectivity index (χ1v) is 23.3. The van der Waals surface area contributed by atoms with E-state index >= 15 is 0 Å². The first kappa shape index (κ1) is 40.5. The zero-order valence-corrected chi connectivity index (χ0v) is 37.5. The van der Waals surface area contributed by atoms with Gasteiger partial charge in [-0.3, -0.25) is 0 Å². The van der Waals surface area contributed by atoms with Crippen LogP contribution >= 0.6 is 0 Å². The molecule has 0 bridgehead atoms. The Labute approximate surface area is 397 Å². The van der Waals surface area contributed by atoms with Crippen LogP contribution in [0.4, 0.5) is 34.1 Å². The van der Waals surface area contributed by atoms with E-state index < -0.39 is 0 Å². The Bertz CT molecular complexity index is 3400. The highest BCUT2D eigenvalue weighted by molar-refractivity contribution is 6.26. The van der Waals surface area contributed by atoms with Crippen molar-refractivity contribution in [2.75, 3.05) is 9.80 Å². The second-order valence-corrected chi connectivity index (χ2v) is 17.3. The van der Waals surface area contributed by atoms with Crippen molar-refractivity contribution in [2.24, 2.45) is 0 Å². The fraction of sp³-hybridized carbons (Fsp3) is 0. The van der Waals surface area contributed by atoms with Gasteiger partial charge in [-0.25, -0.2) is 0 Å². The molecule has 0 aromatic heterocycles. The van der Waals surface area contributed by atoms with Gasteiger partial charge in [-0.15, -0.1) is 0 Å². The van der Waals surface area contributed by atoms with Gasteiger partial charge in [-0.1, -0.05) is 206 Å². The summed E-state index contributed by atoms with van der Waals surface area (Å²) in [5, 5.41) is 7.36. The molecule has 0 atom stereocenters. The van der Waals surface area contributed by atoms with Crippen molar-refractivity contribution in [3.8, 4) is 44.5 Å². The number of para-hydroxylation sites is 2. The number of nitrogens with zero attached hydrogens (tertiary/aromatic N) is 2. The Kier molecular flexibility index (Phi) is 10.6. The van der Waals surface area contributed by atoms with E-state index in [4.69, 9.17) is 0 Å². The largest absolute Gasteiger partial charge is 0.310 e. The molecule has 12 rings (SSSR count). The van der Waals surface area contributed by atoms with Gasteiger partial charge in [0.2, 0.25) is 0 Å². The van der Waals surface area contributed by atoms with Gasteiger partial charge in [0.15, 0.2) is 0 Å². The molecule has 0 fully saturated rings. The fourth-order valence-corrected chi connectivity index (χ4v) is 9.84. The Morgan fingerprint density at radius 2 is 0.368 bits per heavy atom. The van der Waals surface area contributed by atoms with Gasteiger partial charge in [0.25, 0.3) is 0 Å². The van der Waals surface area contributed by atoms with E-state index in [1.165, 1.54) is 76.8 Å². The van der Waals surface area contributed by atoms with Gasteiger partial charge in [0, 0.05) is 34.1 Å². The standard InChI is InChI=1S/C66H46N2/c1-5-15-47(16-6-1)49-25-29-51(30-26-49)53-33-37-57(38-34-53)67(55-19-9-3-10-20-55)59-41-43-63-64-44-42-60(46-66(64)62-24-14-13-23-61(62)65(63)45-59)68(56-21-11-4-12-22-56)58-39-35-54(36-40-58)52-31-27-50(28-32-52)48-17-7-2-8-18-48/h1-46H. The first-order chi connectivity index (χ1) is 33.7. The molecule has 0 N–H and O–H groups in total. The molecule has 68 heavy (non-hydrogen) atoms. The lowest BCUT2D eigenvalue weighted by Gasteiger charge is -2.27. The summed E-state index contributed by atoms with van der Waals surface area (Å²) in [7, 11) is 0. The predicted octanol–water partition coefficient (Wildman–Crippen LogP) is 18.8. The van der Waals surface area contributed by atoms with Gasteiger partial charge in [0.05, 0.1) is 0 Å². The number of anilines is 6. The lowest BCUT2D eigenvalue weighted by molar-refractivity contribution is 1.29. The van der Waals surface area contributed by atoms with E-state index in [1.54, 1.807) is 0 Å². The molecule has 0 amide bonds. The molecule has 0 saturated heterocycles. The molecule has 320 valence electrons. The summed E-state index contributed by atoms with van der Waals surface area (Å²) >= 11 is 0. The molecule has 0 aliphatic rings. The van der Waals surface area contributed by atoms with Crippen LogP contribution in [0, 0.1) is 0 Å². The van der Waals surface area contributed by atoms with Crippen molar-refractivity contribution >= 4 is 66.4 Å². The molecule has 0 aliphatic carbocycles. The minimum atomic E-state index is 1.10. The normalized spacial score (nSPS) is 11.2. The van der Waals surface area contributed by atoms with Crippen LogP contribution in [0.1, 0.15) is 0 Å². The van der Waals surface area contributed by atoms with Crippen molar-refractivity contribution in [3.05, 3.63) is 279 Å². The molecular formula is C66H46N2. The van der Waals surface area contributed by atoms with E-state index in [2.05, 4.69) is 289 Å². The SMILES string of the molecule is c1ccc(-c2ccc(-c3ccc(N(c4ccccc4)c4ccc5c6ccc(N(c7ccccc7)c7ccc(-c8ccc(-c9ccccc9)cc8)cc7)cc6c6ccccc6c5c4)cc3)cc2)cc1. The number of hydrogen-bond donors (Lipinski definition) is 0. The van der Waals surface area contributed by atoms with Crippen LogP contribution in [0.2, 0.25) is 0 Å². The Hall–Kier alpha value is -8.98. The third kappa shape index (κ3) is 7.74. The van der Waals surface area contributed by atoms with E-state index in [0.717, 1.165) is 34.1 Å². The van der Waals surface area contributed by atoms with Crippen LogP contribution in [0.15, 0.2) is 279 Å². The van der Waals surface area contributed by atoms with E-state index in [9.17, 15) is 0 Å². The van der Waals surface area contributed by atoms with Gasteiger partial charge < -0.3 is 9.80 Å². The maximum atomic E-state index is 2.38. The van der Waals surface area contributed by atoms with Crippen molar-refractivity contribution < 1.29 is 0 Å². The number of fused-ring (bicyclic) bond motifs is 6. The topological polar surface area (TPSA) is 6.48 Å². The monoisotopic (exact) mass is 866 g/mol. The highest BCUT2D eigenvalue weighted by atomic mass is 15.1. The second-order valence-electron chi connectivity index (χ2n) is 17.3. The summed E-state index contributed by atoms with van der Waals surface area (Å²) in [6.07, 6.45) is 0. The quantitative estimate of drug-likeness (QED) is 0.126. The smallest absolute Gasteiger partial charge is 0.0468 e. The van der Waals surface area contributed by atoms with Crippen molar-refractivity contribution in [1.29, 1.82) is 0 Å². The summed E-state index contributed by atoms with van der Waals surface area (Å²) in [5.41, 5.74) is 16.3. The summed E-state index contributed by atoms with van der Waals surface area (Å²) in [4.78, 5) is 4.74. The predicted molar refractivity (Wildman–Crippen MR) is 290 cm³/mol. The van der Waals surface area contributed by atoms with E-state index in [-0.39, 0.29) is 0 Å². The maximum absolute atomic E-state index is 2.38. The third-order valence-electron chi connectivity index (χ3n) is 13.3. The molecule has 0 radical (unpaired) electrons. The lowest BCUT2D eigenvalue weighted by atomic mass is 9.93. The lowest BCUT2D eigenvalue weighted by Crippen LogP contribution is -2.10. The molecular weight excluding hydrogens is 821 g/mol. The zero-order chi connectivity index (χ0) is 45.2. The van der Waals surface area contributed by atoms with Crippen LogP contribution in [0.5, 0.6) is 0 Å². The van der Waals surface area contributed by atoms with Crippen LogP contribution in [0.25, 0.3) is 76.8 Å². The third-order valence-corrected chi connectivity index (χ3v) is 13.3. The van der Waals surface area contributed by atoms with Crippen molar-refractivity contribution in [3.63, 3.8) is 0 Å². The molecule has 0 unspecified atom stereocenters. The minimum Gasteiger partial charge on any atom is -0.310 e. The summed E-state index contributed by atoms with van der Waals surface area (Å²) in [6.45, 7) is 0. The summed E-state index contributed by atoms with van der Waals surface area (Å²) in [5.74, 6) is 0. The Morgan fingerprint density at radius 3 is 0.691 bits per heavy atom. The van der Waals surface area contributed by atoms with E-state index in [0.29, 0.717) is 0 Å². The maximum Gasteiger partial charge on any atom is 0.0468 e. The van der Waals surface area contributed by atoms with Gasteiger partial charge in [0.1, 0.15) is 0 Å². The van der Waals surface area contributed by atoms with Crippen LogP contribution in [0.3, 0.4) is 0 Å². The summed E-state index contributed by atoms with van der Waals surface area (Å²) < 4.78 is 0. The highest BCUT2D eigenvalue weighted by Gasteiger charge is 2.19. The van der Waals surface area contributed by atoms with Crippen LogP contribution in [-0.2, 0) is 0 Å². The van der Waals surface area contributed by atoms with Crippen LogP contribution in [-0.4, -0.2) is 0 Å². The Morgan fingerprint density at radius 1 is 0.147 bits per heavy atom. The van der Waals surface area contributed by atoms with Gasteiger partial charge in [-0.2, -0.15) is 0 Å². The number of rotatable bonds is 10. The van der Waals surface area contributed by atoms with Crippen molar-refractivity contribution in [1.82, 2.24) is 0 Å². The molecule has 2 heteroatoms. The number of benzene rings is 12. The molecule has 0 heterocycles. The first-order valence-electron chi connectivity index (χ1n) is 23.3. The summed E-state index contributed by atoms with van der Waals surface area (Å²) in [6, 6.07) is 101. The second kappa shape index (κ2) is 17.8. The fourth-order valence-electron chi connectivity index (χ4n) is 9.84. The Balaban J connectivity index is 0.910. The highest BCUT2D eigenvalue weighted by Crippen LogP contribution is 2.44. The van der Waals surface area contributed by atoms with Gasteiger partial charge >= 0.3 is 0 Å². The molecule has 0 spiro atoms. The van der Waals surface area contributed by atoms with Gasteiger partial charge in [-0.05, 0) is 150 Å². The molecule has 0 aliphatic heterocycles. The number of hydrogen-bond acceptors (Lipinski definition) is 2. The zero-order valence-electron chi connectivity index (χ0n) is 37.5.